The van der Waals surface area contributed by atoms with Crippen LogP contribution in [0.1, 0.15) is 16.9 Å². The molecule has 0 unspecified atom stereocenters. The number of hydrogen-bond donors (Lipinski definition) is 1. The zero-order valence-electron chi connectivity index (χ0n) is 30.2. The van der Waals surface area contributed by atoms with Gasteiger partial charge in [0, 0.05) is 73.5 Å². The summed E-state index contributed by atoms with van der Waals surface area (Å²) in [4.78, 5) is 20.2. The number of nitrogens with one attached hydrogen (secondary N) is 1. The minimum absolute atomic E-state index is 0.149. The number of thiophene rings is 2. The second kappa shape index (κ2) is 13.6. The van der Waals surface area contributed by atoms with E-state index in [1.165, 1.54) is 20.2 Å². The van der Waals surface area contributed by atoms with Crippen LogP contribution in [0.2, 0.25) is 0 Å². The lowest BCUT2D eigenvalue weighted by Crippen LogP contribution is -2.07. The van der Waals surface area contributed by atoms with Crippen molar-refractivity contribution in [1.29, 1.82) is 5.41 Å². The highest BCUT2D eigenvalue weighted by atomic mass is 32.1. The molecule has 11 rings (SSSR count). The summed E-state index contributed by atoms with van der Waals surface area (Å²) in [7, 11) is 0. The van der Waals surface area contributed by atoms with Gasteiger partial charge in [-0.3, -0.25) is 5.41 Å². The van der Waals surface area contributed by atoms with Crippen LogP contribution in [0.4, 0.5) is 0 Å². The molecule has 1 N–H and O–H groups in total. The first kappa shape index (κ1) is 33.2. The number of hydrogen-bond acceptors (Lipinski definition) is 7. The lowest BCUT2D eigenvalue weighted by Gasteiger charge is -2.09. The van der Waals surface area contributed by atoms with Crippen molar-refractivity contribution in [2.45, 2.75) is 0 Å². The molecule has 57 heavy (non-hydrogen) atoms. The predicted octanol–water partition coefficient (Wildman–Crippen LogP) is 13.2. The van der Waals surface area contributed by atoms with Gasteiger partial charge in [0.15, 0.2) is 29.1 Å². The van der Waals surface area contributed by atoms with E-state index >= 15 is 0 Å². The Balaban J connectivity index is 1.06. The Labute approximate surface area is 334 Å². The first-order valence-corrected chi connectivity index (χ1v) is 20.2. The molecule has 268 valence electrons. The average molecular weight is 768 g/mol. The van der Waals surface area contributed by atoms with E-state index in [0.717, 1.165) is 59.0 Å². The van der Waals surface area contributed by atoms with E-state index in [1.807, 2.05) is 103 Å². The normalized spacial score (nSPS) is 12.0. The zero-order chi connectivity index (χ0) is 37.9. The van der Waals surface area contributed by atoms with Gasteiger partial charge in [-0.2, -0.15) is 0 Å². The van der Waals surface area contributed by atoms with Gasteiger partial charge in [0.1, 0.15) is 11.3 Å². The minimum atomic E-state index is 0.149. The summed E-state index contributed by atoms with van der Waals surface area (Å²) in [5.74, 6) is 2.57. The number of rotatable bonds is 6. The number of benzene rings is 7. The summed E-state index contributed by atoms with van der Waals surface area (Å²) in [6, 6.07) is 57.3. The topological polar surface area (TPSA) is 88.0 Å². The fourth-order valence-corrected chi connectivity index (χ4v) is 9.77. The lowest BCUT2D eigenvalue weighted by molar-refractivity contribution is 0.605. The van der Waals surface area contributed by atoms with Crippen molar-refractivity contribution in [3.05, 3.63) is 187 Å². The van der Waals surface area contributed by atoms with Crippen molar-refractivity contribution in [2.75, 3.05) is 0 Å². The summed E-state index contributed by atoms with van der Waals surface area (Å²) in [6.45, 7) is 0. The first-order valence-electron chi connectivity index (χ1n) is 18.5. The number of nitrogens with zero attached hydrogens (tertiary/aromatic N) is 4. The predicted molar refractivity (Wildman–Crippen MR) is 237 cm³/mol. The summed E-state index contributed by atoms with van der Waals surface area (Å²) in [5, 5.41) is 14.9. The van der Waals surface area contributed by atoms with Crippen LogP contribution in [-0.2, 0) is 0 Å². The third kappa shape index (κ3) is 5.90. The molecule has 0 saturated carbocycles. The number of amidine groups is 1. The molecule has 0 saturated heterocycles. The number of aromatic nitrogens is 3. The molecular weight excluding hydrogens is 739 g/mol. The van der Waals surface area contributed by atoms with E-state index in [0.29, 0.717) is 28.9 Å². The van der Waals surface area contributed by atoms with Crippen molar-refractivity contribution in [1.82, 2.24) is 15.0 Å². The Morgan fingerprint density at radius 2 is 1.12 bits per heavy atom. The molecule has 0 fully saturated rings. The SMILES string of the molecule is N=C(N=C(c1ccccc1)c1cc2ccccc2o1)c1cccc2sc3ccc(-c4nc(-c5ccccc5)nc(-c5ccc6c(c5)sc5ccccc56)n4)cc3c12. The zero-order valence-corrected chi connectivity index (χ0v) is 31.8. The number of furan rings is 1. The first-order chi connectivity index (χ1) is 28.1. The van der Waals surface area contributed by atoms with Crippen LogP contribution >= 0.6 is 22.7 Å². The maximum atomic E-state index is 9.49. The molecule has 6 nitrogen and oxygen atoms in total. The van der Waals surface area contributed by atoms with E-state index in [4.69, 9.17) is 24.4 Å². The monoisotopic (exact) mass is 767 g/mol. The van der Waals surface area contributed by atoms with Crippen molar-refractivity contribution in [3.8, 4) is 34.2 Å². The molecule has 7 aromatic carbocycles. The van der Waals surface area contributed by atoms with Gasteiger partial charge in [-0.15, -0.1) is 22.7 Å². The molecule has 0 radical (unpaired) electrons. The Morgan fingerprint density at radius 3 is 1.95 bits per heavy atom. The molecule has 4 heterocycles. The fourth-order valence-electron chi connectivity index (χ4n) is 7.51. The van der Waals surface area contributed by atoms with Crippen LogP contribution in [0.5, 0.6) is 0 Å². The van der Waals surface area contributed by atoms with Gasteiger partial charge in [0.2, 0.25) is 0 Å². The quantitative estimate of drug-likeness (QED) is 0.135. The molecule has 0 bridgehead atoms. The largest absolute Gasteiger partial charge is 0.454 e. The third-order valence-corrected chi connectivity index (χ3v) is 12.5. The van der Waals surface area contributed by atoms with E-state index in [1.54, 1.807) is 22.7 Å². The van der Waals surface area contributed by atoms with E-state index in [2.05, 4.69) is 66.7 Å². The average Bonchev–Trinajstić information content (AvgIpc) is 3.99. The van der Waals surface area contributed by atoms with Gasteiger partial charge in [0.05, 0.1) is 0 Å². The van der Waals surface area contributed by atoms with Gasteiger partial charge < -0.3 is 4.42 Å². The van der Waals surface area contributed by atoms with Gasteiger partial charge in [-0.05, 0) is 48.5 Å². The minimum Gasteiger partial charge on any atom is -0.454 e. The van der Waals surface area contributed by atoms with Crippen molar-refractivity contribution >= 4 is 85.5 Å². The Kier molecular flexibility index (Phi) is 7.91. The molecule has 8 heteroatoms. The van der Waals surface area contributed by atoms with Crippen LogP contribution in [0.15, 0.2) is 179 Å². The maximum absolute atomic E-state index is 9.49. The summed E-state index contributed by atoms with van der Waals surface area (Å²) in [5.41, 5.74) is 5.70. The number of fused-ring (bicyclic) bond motifs is 7. The van der Waals surface area contributed by atoms with Crippen LogP contribution in [-0.4, -0.2) is 26.5 Å². The number of aliphatic imine (C=N–C) groups is 1. The molecule has 0 aliphatic carbocycles. The fraction of sp³-hybridized carbons (Fsp3) is 0. The molecule has 11 aromatic rings. The highest BCUT2D eigenvalue weighted by Crippen LogP contribution is 2.40. The smallest absolute Gasteiger partial charge is 0.164 e. The highest BCUT2D eigenvalue weighted by Gasteiger charge is 2.19. The third-order valence-electron chi connectivity index (χ3n) is 10.2. The Hall–Kier alpha value is -7.13. The van der Waals surface area contributed by atoms with Gasteiger partial charge >= 0.3 is 0 Å². The molecule has 0 aliphatic rings. The standard InChI is InChI=1S/C49H29N5OS2/c50-46(51-45(29-12-3-1-4-13-29)39-27-31-16-7-9-19-38(31)55-39)36-18-11-21-42-44(36)37-26-32(23-25-41(37)56-42)48-52-47(30-14-5-2-6-15-30)53-49(54-48)33-22-24-35-34-17-8-10-20-40(34)57-43(35)28-33/h1-28,50H. The lowest BCUT2D eigenvalue weighted by atomic mass is 10.0. The van der Waals surface area contributed by atoms with Crippen molar-refractivity contribution in [2.24, 2.45) is 4.99 Å². The number of para-hydroxylation sites is 1. The summed E-state index contributed by atoms with van der Waals surface area (Å²) < 4.78 is 10.9. The molecule has 0 atom stereocenters. The van der Waals surface area contributed by atoms with Crippen LogP contribution in [0.25, 0.3) is 85.5 Å². The van der Waals surface area contributed by atoms with Crippen molar-refractivity contribution < 1.29 is 4.42 Å². The van der Waals surface area contributed by atoms with E-state index in [9.17, 15) is 5.41 Å². The Bertz CT molecular complexity index is 3350. The van der Waals surface area contributed by atoms with Crippen molar-refractivity contribution in [3.63, 3.8) is 0 Å². The van der Waals surface area contributed by atoms with Crippen LogP contribution in [0.3, 0.4) is 0 Å². The second-order valence-electron chi connectivity index (χ2n) is 13.8. The maximum Gasteiger partial charge on any atom is 0.164 e. The van der Waals surface area contributed by atoms with Gasteiger partial charge in [-0.25, -0.2) is 19.9 Å². The molecular formula is C49H29N5OS2. The summed E-state index contributed by atoms with van der Waals surface area (Å²) >= 11 is 3.48. The van der Waals surface area contributed by atoms with Gasteiger partial charge in [-0.1, -0.05) is 121 Å². The summed E-state index contributed by atoms with van der Waals surface area (Å²) in [6.07, 6.45) is 0. The van der Waals surface area contributed by atoms with Gasteiger partial charge in [0.25, 0.3) is 0 Å². The molecule has 0 spiro atoms. The van der Waals surface area contributed by atoms with E-state index in [-0.39, 0.29) is 5.84 Å². The Morgan fingerprint density at radius 1 is 0.491 bits per heavy atom. The second-order valence-corrected chi connectivity index (χ2v) is 16.0. The molecule has 0 aliphatic heterocycles. The van der Waals surface area contributed by atoms with Crippen LogP contribution < -0.4 is 0 Å². The highest BCUT2D eigenvalue weighted by molar-refractivity contribution is 7.26. The van der Waals surface area contributed by atoms with Crippen LogP contribution in [0, 0.1) is 5.41 Å². The molecule has 0 amide bonds. The molecule has 4 aromatic heterocycles. The van der Waals surface area contributed by atoms with E-state index < -0.39 is 0 Å².